The summed E-state index contributed by atoms with van der Waals surface area (Å²) in [5.74, 6) is 1.75. The number of ether oxygens (including phenoxy) is 1. The molecule has 0 saturated heterocycles. The van der Waals surface area contributed by atoms with E-state index >= 15 is 0 Å². The third-order valence-corrected chi connectivity index (χ3v) is 6.09. The predicted octanol–water partition coefficient (Wildman–Crippen LogP) is 3.98. The van der Waals surface area contributed by atoms with E-state index in [-0.39, 0.29) is 5.41 Å². The van der Waals surface area contributed by atoms with Crippen molar-refractivity contribution in [2.24, 2.45) is 5.92 Å². The minimum Gasteiger partial charge on any atom is -0.741 e. The van der Waals surface area contributed by atoms with Gasteiger partial charge in [0.05, 0.1) is 0 Å². The third kappa shape index (κ3) is 4.88. The highest BCUT2D eigenvalue weighted by Gasteiger charge is 2.49. The summed E-state index contributed by atoms with van der Waals surface area (Å²) in [6.45, 7) is 7.64. The quantitative estimate of drug-likeness (QED) is 0.303. The second kappa shape index (κ2) is 9.09. The highest BCUT2D eigenvalue weighted by molar-refractivity contribution is 7.86. The van der Waals surface area contributed by atoms with E-state index in [1.807, 2.05) is 0 Å². The number of rotatable bonds is 4. The van der Waals surface area contributed by atoms with Gasteiger partial charge in [-0.25, -0.2) is 8.42 Å². The fourth-order valence-electron chi connectivity index (χ4n) is 4.13. The van der Waals surface area contributed by atoms with Crippen LogP contribution in [-0.2, 0) is 26.7 Å². The molecule has 0 fully saturated rings. The topological polar surface area (TPSA) is 69.4 Å². The van der Waals surface area contributed by atoms with Gasteiger partial charge in [0.25, 0.3) is 0 Å². The molecule has 2 atom stereocenters. The lowest BCUT2D eigenvalue weighted by Gasteiger charge is -2.32. The third-order valence-electron chi connectivity index (χ3n) is 5.53. The van der Waals surface area contributed by atoms with Crippen LogP contribution >= 0.6 is 0 Å². The SMILES string of the molecule is CCC[C@]1(C2=[N+](C)[C@@H](C(C)C)CO2)C=CCc2ccccc21.O=S(=O)([O-])C(F)(F)F. The largest absolute Gasteiger partial charge is 0.741 e. The zero-order valence-corrected chi connectivity index (χ0v) is 18.4. The van der Waals surface area contributed by atoms with Crippen LogP contribution in [0.1, 0.15) is 44.7 Å². The number of benzene rings is 1. The number of likely N-dealkylation sites (N-methyl/N-ethyl adjacent to an activating group) is 1. The summed E-state index contributed by atoms with van der Waals surface area (Å²) in [7, 11) is -3.89. The fraction of sp³-hybridized carbons (Fsp3) is 0.571. The van der Waals surface area contributed by atoms with E-state index in [2.05, 4.69) is 68.8 Å². The Labute approximate surface area is 176 Å². The summed E-state index contributed by atoms with van der Waals surface area (Å²) in [6, 6.07) is 9.35. The maximum atomic E-state index is 10.7. The van der Waals surface area contributed by atoms with Crippen LogP contribution in [0.15, 0.2) is 36.4 Å². The average molecular weight is 448 g/mol. The summed E-state index contributed by atoms with van der Waals surface area (Å²) in [6.07, 6.45) is 8.00. The van der Waals surface area contributed by atoms with Crippen molar-refractivity contribution in [3.05, 3.63) is 47.5 Å². The first-order chi connectivity index (χ1) is 13.8. The highest BCUT2D eigenvalue weighted by Crippen LogP contribution is 2.40. The number of hydrogen-bond acceptors (Lipinski definition) is 4. The minimum atomic E-state index is -6.09. The maximum absolute atomic E-state index is 10.7. The number of allylic oxidation sites excluding steroid dienone is 1. The number of halogens is 3. The molecule has 168 valence electrons. The lowest BCUT2D eigenvalue weighted by molar-refractivity contribution is -0.536. The van der Waals surface area contributed by atoms with E-state index in [0.717, 1.165) is 31.8 Å². The zero-order valence-electron chi connectivity index (χ0n) is 17.6. The van der Waals surface area contributed by atoms with Gasteiger partial charge in [-0.2, -0.15) is 17.7 Å². The van der Waals surface area contributed by atoms with E-state index < -0.39 is 15.6 Å². The van der Waals surface area contributed by atoms with Crippen molar-refractivity contribution >= 4 is 16.0 Å². The van der Waals surface area contributed by atoms with Crippen molar-refractivity contribution in [3.63, 3.8) is 0 Å². The number of hydrogen-bond donors (Lipinski definition) is 0. The number of nitrogens with zero attached hydrogens (tertiary/aromatic N) is 1. The van der Waals surface area contributed by atoms with Gasteiger partial charge < -0.3 is 9.29 Å². The molecule has 0 spiro atoms. The van der Waals surface area contributed by atoms with Crippen LogP contribution in [0.25, 0.3) is 0 Å². The van der Waals surface area contributed by atoms with Crippen LogP contribution in [0.4, 0.5) is 13.2 Å². The zero-order chi connectivity index (χ0) is 22.7. The van der Waals surface area contributed by atoms with Crippen molar-refractivity contribution in [2.75, 3.05) is 13.7 Å². The Bertz CT molecular complexity index is 922. The van der Waals surface area contributed by atoms with E-state index in [0.29, 0.717) is 12.0 Å². The van der Waals surface area contributed by atoms with Crippen LogP contribution < -0.4 is 0 Å². The summed E-state index contributed by atoms with van der Waals surface area (Å²) in [5.41, 5.74) is -2.85. The summed E-state index contributed by atoms with van der Waals surface area (Å²) >= 11 is 0. The molecular weight excluding hydrogens is 419 g/mol. The van der Waals surface area contributed by atoms with Gasteiger partial charge in [0.2, 0.25) is 0 Å². The summed E-state index contributed by atoms with van der Waals surface area (Å²) in [4.78, 5) is 0. The number of fused-ring (bicyclic) bond motifs is 1. The van der Waals surface area contributed by atoms with E-state index in [4.69, 9.17) is 17.7 Å². The molecule has 0 saturated carbocycles. The van der Waals surface area contributed by atoms with Crippen LogP contribution in [0, 0.1) is 5.92 Å². The monoisotopic (exact) mass is 447 g/mol. The van der Waals surface area contributed by atoms with Crippen LogP contribution in [-0.4, -0.2) is 48.6 Å². The van der Waals surface area contributed by atoms with Gasteiger partial charge in [0, 0.05) is 5.92 Å². The normalized spacial score (nSPS) is 23.7. The molecule has 5 nitrogen and oxygen atoms in total. The molecule has 0 N–H and O–H groups in total. The Hall–Kier alpha value is -1.87. The van der Waals surface area contributed by atoms with Crippen molar-refractivity contribution < 1.29 is 35.5 Å². The van der Waals surface area contributed by atoms with Gasteiger partial charge in [-0.1, -0.05) is 63.6 Å². The molecular formula is C21H28F3NO4S. The summed E-state index contributed by atoms with van der Waals surface area (Å²) in [5, 5.41) is 0. The van der Waals surface area contributed by atoms with Crippen LogP contribution in [0.2, 0.25) is 0 Å². The first kappa shape index (κ1) is 24.4. The highest BCUT2D eigenvalue weighted by atomic mass is 32.2. The minimum absolute atomic E-state index is 0.0814. The average Bonchev–Trinajstić information content (AvgIpc) is 3.03. The Balaban J connectivity index is 0.000000343. The molecule has 1 aromatic carbocycles. The van der Waals surface area contributed by atoms with Gasteiger partial charge >= 0.3 is 11.4 Å². The second-order valence-corrected chi connectivity index (χ2v) is 9.29. The predicted molar refractivity (Wildman–Crippen MR) is 107 cm³/mol. The Kier molecular flexibility index (Phi) is 7.40. The summed E-state index contributed by atoms with van der Waals surface area (Å²) < 4.78 is 67.6. The van der Waals surface area contributed by atoms with Gasteiger partial charge in [0.1, 0.15) is 12.5 Å². The molecule has 1 heterocycles. The Morgan fingerprint density at radius 3 is 2.40 bits per heavy atom. The van der Waals surface area contributed by atoms with E-state index in [1.165, 1.54) is 11.1 Å². The molecule has 2 aliphatic rings. The van der Waals surface area contributed by atoms with E-state index in [1.54, 1.807) is 0 Å². The standard InChI is InChI=1S/C20H28NO.CHF3O3S/c1-5-12-20(19-21(4)18(14-22-19)15(2)3)13-8-10-16-9-6-7-11-17(16)20;2-1(3,4)8(5,6)7/h6-9,11,13,15,18H,5,10,12,14H2,1-4H3;(H,5,6,7)/q+1;/p-1/t18-,20+;/m1./s1. The van der Waals surface area contributed by atoms with Crippen LogP contribution in [0.3, 0.4) is 0 Å². The molecule has 0 aromatic heterocycles. The molecule has 30 heavy (non-hydrogen) atoms. The molecule has 9 heteroatoms. The smallest absolute Gasteiger partial charge is 0.485 e. The first-order valence-corrected chi connectivity index (χ1v) is 11.3. The molecule has 0 unspecified atom stereocenters. The van der Waals surface area contributed by atoms with Crippen molar-refractivity contribution in [3.8, 4) is 0 Å². The maximum Gasteiger partial charge on any atom is 0.485 e. The van der Waals surface area contributed by atoms with Gasteiger partial charge in [-0.05, 0) is 24.0 Å². The van der Waals surface area contributed by atoms with Gasteiger partial charge in [-0.15, -0.1) is 0 Å². The molecule has 3 rings (SSSR count). The fourth-order valence-corrected chi connectivity index (χ4v) is 4.13. The van der Waals surface area contributed by atoms with Crippen molar-refractivity contribution in [2.45, 2.75) is 57.0 Å². The number of alkyl halides is 3. The Morgan fingerprint density at radius 2 is 1.90 bits per heavy atom. The van der Waals surface area contributed by atoms with Gasteiger partial charge in [0.15, 0.2) is 22.8 Å². The Morgan fingerprint density at radius 1 is 1.30 bits per heavy atom. The molecule has 1 aliphatic heterocycles. The van der Waals surface area contributed by atoms with Gasteiger partial charge in [-0.3, -0.25) is 0 Å². The van der Waals surface area contributed by atoms with Crippen molar-refractivity contribution in [1.82, 2.24) is 0 Å². The van der Waals surface area contributed by atoms with Crippen LogP contribution in [0.5, 0.6) is 0 Å². The second-order valence-electron chi connectivity index (χ2n) is 7.92. The van der Waals surface area contributed by atoms with E-state index in [9.17, 15) is 13.2 Å². The molecule has 1 aromatic rings. The molecule has 1 aliphatic carbocycles. The molecule has 0 bridgehead atoms. The lowest BCUT2D eigenvalue weighted by atomic mass is 9.71. The molecule has 0 amide bonds. The molecule has 0 radical (unpaired) electrons. The first-order valence-electron chi connectivity index (χ1n) is 9.86. The lowest BCUT2D eigenvalue weighted by Crippen LogP contribution is -2.41. The van der Waals surface area contributed by atoms with Crippen molar-refractivity contribution in [1.29, 1.82) is 0 Å².